The third-order valence-corrected chi connectivity index (χ3v) is 5.21. The number of carbonyl (C=O) groups is 1. The molecule has 1 saturated heterocycles. The number of aliphatic carboxylic acids is 1. The van der Waals surface area contributed by atoms with E-state index in [1.807, 2.05) is 6.92 Å². The van der Waals surface area contributed by atoms with E-state index < -0.39 is 11.9 Å². The minimum absolute atomic E-state index is 0.267. The van der Waals surface area contributed by atoms with Crippen molar-refractivity contribution in [1.82, 2.24) is 30.8 Å². The molecule has 146 valence electrons. The summed E-state index contributed by atoms with van der Waals surface area (Å²) in [6.07, 6.45) is 2.00. The van der Waals surface area contributed by atoms with Crippen molar-refractivity contribution >= 4 is 5.97 Å². The Kier molecular flexibility index (Phi) is 6.89. The molecule has 0 saturated carbocycles. The second-order valence-electron chi connectivity index (χ2n) is 7.17. The number of aromatic amines is 1. The summed E-state index contributed by atoms with van der Waals surface area (Å²) in [5.41, 5.74) is 2.38. The Labute approximate surface area is 159 Å². The van der Waals surface area contributed by atoms with Crippen LogP contribution >= 0.6 is 0 Å². The molecule has 0 radical (unpaired) electrons. The smallest absolute Gasteiger partial charge is 0.307 e. The van der Waals surface area contributed by atoms with Crippen molar-refractivity contribution in [2.24, 2.45) is 5.92 Å². The summed E-state index contributed by atoms with van der Waals surface area (Å²) in [7, 11) is 0. The number of piperazine rings is 1. The van der Waals surface area contributed by atoms with Gasteiger partial charge in [0.2, 0.25) is 0 Å². The molecule has 0 amide bonds. The normalized spacial score (nSPS) is 17.5. The second kappa shape index (κ2) is 9.57. The molecule has 8 nitrogen and oxygen atoms in total. The predicted molar refractivity (Wildman–Crippen MR) is 101 cm³/mol. The minimum atomic E-state index is -0.798. The van der Waals surface area contributed by atoms with Gasteiger partial charge in [0.1, 0.15) is 0 Å². The number of hydrogen-bond donors (Lipinski definition) is 3. The fraction of sp³-hybridized carbons (Fsp3) is 0.579. The van der Waals surface area contributed by atoms with Crippen LogP contribution < -0.4 is 5.32 Å². The molecule has 0 aliphatic carbocycles. The third-order valence-electron chi connectivity index (χ3n) is 5.21. The average molecular weight is 372 g/mol. The number of carboxylic acids is 1. The summed E-state index contributed by atoms with van der Waals surface area (Å²) in [6.45, 7) is 7.17. The van der Waals surface area contributed by atoms with Crippen LogP contribution in [0.3, 0.4) is 0 Å². The Morgan fingerprint density at radius 3 is 2.52 bits per heavy atom. The molecule has 0 spiro atoms. The number of nitrogens with zero attached hydrogens (tertiary/aromatic N) is 4. The molecule has 3 rings (SSSR count). The lowest BCUT2D eigenvalue weighted by atomic mass is 9.83. The van der Waals surface area contributed by atoms with Gasteiger partial charge in [0.25, 0.3) is 0 Å². The first-order chi connectivity index (χ1) is 13.2. The number of benzene rings is 1. The van der Waals surface area contributed by atoms with E-state index in [0.717, 1.165) is 44.7 Å². The quantitative estimate of drug-likeness (QED) is 0.611. The summed E-state index contributed by atoms with van der Waals surface area (Å²) in [5.74, 6) is -1.03. The molecule has 2 heterocycles. The van der Waals surface area contributed by atoms with Gasteiger partial charge in [-0.3, -0.25) is 9.69 Å². The highest BCUT2D eigenvalue weighted by Crippen LogP contribution is 2.30. The zero-order valence-corrected chi connectivity index (χ0v) is 15.8. The van der Waals surface area contributed by atoms with Crippen molar-refractivity contribution in [3.05, 3.63) is 41.2 Å². The molecule has 0 bridgehead atoms. The van der Waals surface area contributed by atoms with E-state index in [-0.39, 0.29) is 5.92 Å². The van der Waals surface area contributed by atoms with Gasteiger partial charge in [0.05, 0.1) is 5.92 Å². The fourth-order valence-corrected chi connectivity index (χ4v) is 3.72. The first-order valence-corrected chi connectivity index (χ1v) is 9.64. The van der Waals surface area contributed by atoms with Crippen LogP contribution in [0.4, 0.5) is 0 Å². The van der Waals surface area contributed by atoms with Crippen molar-refractivity contribution in [2.75, 3.05) is 26.2 Å². The Balaban J connectivity index is 1.70. The molecule has 1 aliphatic rings. The number of hydrogen-bond acceptors (Lipinski definition) is 6. The van der Waals surface area contributed by atoms with Gasteiger partial charge in [-0.15, -0.1) is 5.10 Å². The zero-order chi connectivity index (χ0) is 19.1. The average Bonchev–Trinajstić information content (AvgIpc) is 3.21. The Hall–Kier alpha value is -2.32. The highest BCUT2D eigenvalue weighted by molar-refractivity contribution is 5.71. The Morgan fingerprint density at radius 1 is 1.22 bits per heavy atom. The first kappa shape index (κ1) is 19.4. The van der Waals surface area contributed by atoms with Crippen LogP contribution in [-0.4, -0.2) is 62.8 Å². The van der Waals surface area contributed by atoms with Crippen molar-refractivity contribution in [3.8, 4) is 0 Å². The lowest BCUT2D eigenvalue weighted by molar-refractivity contribution is -0.142. The number of rotatable bonds is 9. The maximum atomic E-state index is 11.8. The summed E-state index contributed by atoms with van der Waals surface area (Å²) < 4.78 is 0. The molecule has 27 heavy (non-hydrogen) atoms. The molecule has 1 fully saturated rings. The largest absolute Gasteiger partial charge is 0.481 e. The maximum Gasteiger partial charge on any atom is 0.307 e. The van der Waals surface area contributed by atoms with Crippen LogP contribution in [0, 0.1) is 5.92 Å². The number of tetrazole rings is 1. The fourth-order valence-electron chi connectivity index (χ4n) is 3.72. The Bertz CT molecular complexity index is 697. The van der Waals surface area contributed by atoms with Crippen molar-refractivity contribution in [2.45, 2.75) is 38.6 Å². The lowest BCUT2D eigenvalue weighted by Gasteiger charge is -2.27. The van der Waals surface area contributed by atoms with Crippen LogP contribution in [0.5, 0.6) is 0 Å². The minimum Gasteiger partial charge on any atom is -0.481 e. The second-order valence-corrected chi connectivity index (χ2v) is 7.17. The van der Waals surface area contributed by atoms with Gasteiger partial charge in [-0.1, -0.05) is 37.6 Å². The monoisotopic (exact) mass is 372 g/mol. The lowest BCUT2D eigenvalue weighted by Crippen LogP contribution is -2.42. The van der Waals surface area contributed by atoms with E-state index in [0.29, 0.717) is 18.7 Å². The van der Waals surface area contributed by atoms with Gasteiger partial charge in [-0.2, -0.15) is 0 Å². The van der Waals surface area contributed by atoms with E-state index in [1.165, 1.54) is 5.56 Å². The molecular formula is C19H28N6O2. The highest BCUT2D eigenvalue weighted by Gasteiger charge is 2.31. The molecule has 8 heteroatoms. The van der Waals surface area contributed by atoms with E-state index in [4.69, 9.17) is 0 Å². The number of nitrogens with one attached hydrogen (secondary N) is 2. The van der Waals surface area contributed by atoms with Crippen LogP contribution in [0.2, 0.25) is 0 Å². The van der Waals surface area contributed by atoms with Crippen molar-refractivity contribution in [1.29, 1.82) is 0 Å². The number of aromatic nitrogens is 4. The van der Waals surface area contributed by atoms with Crippen molar-refractivity contribution < 1.29 is 9.90 Å². The number of carboxylic acid groups (broad SMARTS) is 1. The van der Waals surface area contributed by atoms with E-state index >= 15 is 0 Å². The standard InChI is InChI=1S/C19H28N6O2/c1-2-3-16(19(26)27)17(18-21-23-24-22-18)12-14-4-6-15(7-5-14)13-25-10-8-20-9-11-25/h4-7,16-17,20H,2-3,8-13H2,1H3,(H,26,27)(H,21,22,23,24)/t16-,17-/m0/s1. The predicted octanol–water partition coefficient (Wildman–Crippen LogP) is 1.43. The van der Waals surface area contributed by atoms with Gasteiger partial charge in [-0.05, 0) is 34.4 Å². The van der Waals surface area contributed by atoms with Gasteiger partial charge in [0.15, 0.2) is 5.82 Å². The van der Waals surface area contributed by atoms with E-state index in [1.54, 1.807) is 0 Å². The van der Waals surface area contributed by atoms with E-state index in [2.05, 4.69) is 55.1 Å². The summed E-state index contributed by atoms with van der Waals surface area (Å²) in [5, 5.41) is 27.1. The topological polar surface area (TPSA) is 107 Å². The van der Waals surface area contributed by atoms with Crippen molar-refractivity contribution in [3.63, 3.8) is 0 Å². The van der Waals surface area contributed by atoms with Crippen LogP contribution in [0.1, 0.15) is 42.6 Å². The van der Waals surface area contributed by atoms with Gasteiger partial charge >= 0.3 is 5.97 Å². The van der Waals surface area contributed by atoms with Crippen LogP contribution in [0.25, 0.3) is 0 Å². The summed E-state index contributed by atoms with van der Waals surface area (Å²) >= 11 is 0. The van der Waals surface area contributed by atoms with E-state index in [9.17, 15) is 9.90 Å². The van der Waals surface area contributed by atoms with Gasteiger partial charge in [0, 0.05) is 38.6 Å². The third kappa shape index (κ3) is 5.33. The molecule has 1 aromatic carbocycles. The van der Waals surface area contributed by atoms with Gasteiger partial charge < -0.3 is 10.4 Å². The number of H-pyrrole nitrogens is 1. The molecule has 2 aromatic rings. The molecule has 3 N–H and O–H groups in total. The summed E-state index contributed by atoms with van der Waals surface area (Å²) in [4.78, 5) is 14.2. The SMILES string of the molecule is CCC[C@H](C(=O)O)[C@H](Cc1ccc(CN2CCNCC2)cc1)c1nnn[nH]1. The zero-order valence-electron chi connectivity index (χ0n) is 15.8. The first-order valence-electron chi connectivity index (χ1n) is 9.64. The molecule has 1 aliphatic heterocycles. The van der Waals surface area contributed by atoms with Crippen LogP contribution in [-0.2, 0) is 17.8 Å². The molecule has 0 unspecified atom stereocenters. The van der Waals surface area contributed by atoms with Gasteiger partial charge in [-0.25, -0.2) is 5.10 Å². The highest BCUT2D eigenvalue weighted by atomic mass is 16.4. The Morgan fingerprint density at radius 2 is 1.93 bits per heavy atom. The maximum absolute atomic E-state index is 11.8. The van der Waals surface area contributed by atoms with Crippen LogP contribution in [0.15, 0.2) is 24.3 Å². The molecule has 1 aromatic heterocycles. The molecule has 2 atom stereocenters. The molecular weight excluding hydrogens is 344 g/mol. The summed E-state index contributed by atoms with van der Waals surface area (Å²) in [6, 6.07) is 8.48.